The lowest BCUT2D eigenvalue weighted by Crippen LogP contribution is -2.27. The summed E-state index contributed by atoms with van der Waals surface area (Å²) in [6.45, 7) is 3.86. The van der Waals surface area contributed by atoms with Crippen LogP contribution in [0.3, 0.4) is 0 Å². The Hall–Kier alpha value is -2.97. The van der Waals surface area contributed by atoms with Crippen LogP contribution in [0.5, 0.6) is 0 Å². The van der Waals surface area contributed by atoms with Crippen LogP contribution in [0.1, 0.15) is 39.6 Å². The van der Waals surface area contributed by atoms with Gasteiger partial charge in [0.1, 0.15) is 0 Å². The molecule has 0 aliphatic carbocycles. The smallest absolute Gasteiger partial charge is 0.252 e. The molecule has 1 aromatic heterocycles. The Morgan fingerprint density at radius 3 is 2.52 bits per heavy atom. The van der Waals surface area contributed by atoms with Crippen molar-refractivity contribution < 1.29 is 4.79 Å². The number of nitriles is 1. The first-order valence-electron chi connectivity index (χ1n) is 7.91. The Kier molecular flexibility index (Phi) is 4.92. The van der Waals surface area contributed by atoms with Crippen LogP contribution in [0.15, 0.2) is 53.9 Å². The molecular formula is C20H17N3OS. The van der Waals surface area contributed by atoms with Crippen molar-refractivity contribution in [2.75, 3.05) is 0 Å². The van der Waals surface area contributed by atoms with Gasteiger partial charge in [-0.05, 0) is 31.5 Å². The van der Waals surface area contributed by atoms with E-state index in [4.69, 9.17) is 0 Å². The molecule has 0 spiro atoms. The molecule has 124 valence electrons. The molecule has 1 amide bonds. The second-order valence-corrected chi connectivity index (χ2v) is 6.75. The molecule has 1 heterocycles. The monoisotopic (exact) mass is 347 g/mol. The molecule has 25 heavy (non-hydrogen) atoms. The largest absolute Gasteiger partial charge is 0.344 e. The minimum atomic E-state index is -0.184. The van der Waals surface area contributed by atoms with Crippen molar-refractivity contribution in [1.29, 1.82) is 5.26 Å². The topological polar surface area (TPSA) is 65.8 Å². The first-order valence-corrected chi connectivity index (χ1v) is 8.79. The number of aryl methyl sites for hydroxylation is 1. The number of hydrogen-bond acceptors (Lipinski definition) is 4. The summed E-state index contributed by atoms with van der Waals surface area (Å²) in [5, 5.41) is 15.3. The lowest BCUT2D eigenvalue weighted by Gasteiger charge is -2.15. The van der Waals surface area contributed by atoms with Gasteiger partial charge < -0.3 is 5.32 Å². The standard InChI is InChI=1S/C20H17N3OS/c1-13(19-12-25-14(2)23-19)22-20(24)18-10-6-5-9-17(18)16-8-4-3-7-15(16)11-21/h3-10,12-13H,1-2H3,(H,22,24)/t13-/m0/s1. The third-order valence-corrected chi connectivity index (χ3v) is 4.73. The fourth-order valence-corrected chi connectivity index (χ4v) is 3.37. The Bertz CT molecular complexity index is 955. The lowest BCUT2D eigenvalue weighted by atomic mass is 9.95. The number of aromatic nitrogens is 1. The second kappa shape index (κ2) is 7.29. The maximum Gasteiger partial charge on any atom is 0.252 e. The lowest BCUT2D eigenvalue weighted by molar-refractivity contribution is 0.0940. The molecule has 1 N–H and O–H groups in total. The quantitative estimate of drug-likeness (QED) is 0.756. The zero-order chi connectivity index (χ0) is 17.8. The van der Waals surface area contributed by atoms with Crippen molar-refractivity contribution in [2.45, 2.75) is 19.9 Å². The summed E-state index contributed by atoms with van der Waals surface area (Å²) in [4.78, 5) is 17.2. The first kappa shape index (κ1) is 16.9. The minimum absolute atomic E-state index is 0.179. The van der Waals surface area contributed by atoms with Crippen molar-refractivity contribution in [2.24, 2.45) is 0 Å². The molecule has 0 unspecified atom stereocenters. The average Bonchev–Trinajstić information content (AvgIpc) is 3.08. The summed E-state index contributed by atoms with van der Waals surface area (Å²) in [6, 6.07) is 16.6. The molecule has 4 nitrogen and oxygen atoms in total. The number of carbonyl (C=O) groups excluding carboxylic acids is 1. The van der Waals surface area contributed by atoms with Crippen molar-refractivity contribution in [3.63, 3.8) is 0 Å². The number of amides is 1. The van der Waals surface area contributed by atoms with Gasteiger partial charge in [-0.1, -0.05) is 36.4 Å². The second-order valence-electron chi connectivity index (χ2n) is 5.69. The van der Waals surface area contributed by atoms with Crippen molar-refractivity contribution >= 4 is 17.2 Å². The highest BCUT2D eigenvalue weighted by atomic mass is 32.1. The molecule has 0 aliphatic rings. The van der Waals surface area contributed by atoms with E-state index < -0.39 is 0 Å². The number of rotatable bonds is 4. The van der Waals surface area contributed by atoms with E-state index in [9.17, 15) is 10.1 Å². The van der Waals surface area contributed by atoms with Gasteiger partial charge in [0, 0.05) is 16.5 Å². The summed E-state index contributed by atoms with van der Waals surface area (Å²) in [6.07, 6.45) is 0. The highest BCUT2D eigenvalue weighted by Gasteiger charge is 2.18. The van der Waals surface area contributed by atoms with Crippen LogP contribution >= 0.6 is 11.3 Å². The number of carbonyl (C=O) groups is 1. The maximum absolute atomic E-state index is 12.8. The van der Waals surface area contributed by atoms with Gasteiger partial charge in [0.15, 0.2) is 0 Å². The molecule has 2 aromatic carbocycles. The van der Waals surface area contributed by atoms with Gasteiger partial charge in [-0.3, -0.25) is 4.79 Å². The zero-order valence-corrected chi connectivity index (χ0v) is 14.8. The Morgan fingerprint density at radius 1 is 1.16 bits per heavy atom. The predicted octanol–water partition coefficient (Wildman–Crippen LogP) is 4.48. The van der Waals surface area contributed by atoms with E-state index in [-0.39, 0.29) is 11.9 Å². The van der Waals surface area contributed by atoms with E-state index in [0.717, 1.165) is 21.8 Å². The molecule has 0 saturated carbocycles. The Labute approximate surface area is 150 Å². The molecule has 1 atom stereocenters. The number of thiazole rings is 1. The number of nitrogens with one attached hydrogen (secondary N) is 1. The van der Waals surface area contributed by atoms with E-state index in [1.54, 1.807) is 23.5 Å². The minimum Gasteiger partial charge on any atom is -0.344 e. The average molecular weight is 347 g/mol. The summed E-state index contributed by atoms with van der Waals surface area (Å²) < 4.78 is 0. The maximum atomic E-state index is 12.8. The van der Waals surface area contributed by atoms with E-state index in [2.05, 4.69) is 16.4 Å². The third-order valence-electron chi connectivity index (χ3n) is 3.94. The van der Waals surface area contributed by atoms with Crippen LogP contribution in [0.4, 0.5) is 0 Å². The fourth-order valence-electron chi connectivity index (χ4n) is 2.66. The number of hydrogen-bond donors (Lipinski definition) is 1. The van der Waals surface area contributed by atoms with Crippen molar-refractivity contribution in [3.05, 3.63) is 75.7 Å². The normalized spacial score (nSPS) is 11.6. The molecule has 0 fully saturated rings. The highest BCUT2D eigenvalue weighted by Crippen LogP contribution is 2.27. The SMILES string of the molecule is Cc1nc([C@H](C)NC(=O)c2ccccc2-c2ccccc2C#N)cs1. The van der Waals surface area contributed by atoms with Gasteiger partial charge >= 0.3 is 0 Å². The summed E-state index contributed by atoms with van der Waals surface area (Å²) >= 11 is 1.56. The van der Waals surface area contributed by atoms with Gasteiger partial charge in [0.2, 0.25) is 0 Å². The van der Waals surface area contributed by atoms with Crippen LogP contribution in [0.25, 0.3) is 11.1 Å². The molecule has 3 rings (SSSR count). The van der Waals surface area contributed by atoms with Gasteiger partial charge in [0.05, 0.1) is 28.4 Å². The van der Waals surface area contributed by atoms with Gasteiger partial charge in [-0.2, -0.15) is 5.26 Å². The Morgan fingerprint density at radius 2 is 1.84 bits per heavy atom. The van der Waals surface area contributed by atoms with E-state index in [0.29, 0.717) is 11.1 Å². The van der Waals surface area contributed by atoms with E-state index >= 15 is 0 Å². The van der Waals surface area contributed by atoms with Gasteiger partial charge in [-0.15, -0.1) is 11.3 Å². The molecule has 0 bridgehead atoms. The molecule has 0 saturated heterocycles. The Balaban J connectivity index is 1.93. The summed E-state index contributed by atoms with van der Waals surface area (Å²) in [5.74, 6) is -0.179. The fraction of sp³-hybridized carbons (Fsp3) is 0.150. The predicted molar refractivity (Wildman–Crippen MR) is 99.3 cm³/mol. The number of benzene rings is 2. The first-order chi connectivity index (χ1) is 12.1. The van der Waals surface area contributed by atoms with Crippen LogP contribution in [-0.2, 0) is 0 Å². The van der Waals surface area contributed by atoms with Crippen molar-refractivity contribution in [3.8, 4) is 17.2 Å². The van der Waals surface area contributed by atoms with E-state index in [1.165, 1.54) is 0 Å². The number of nitrogens with zero attached hydrogens (tertiary/aromatic N) is 2. The molecule has 3 aromatic rings. The molecule has 5 heteroatoms. The molecule has 0 radical (unpaired) electrons. The van der Waals surface area contributed by atoms with Crippen LogP contribution in [-0.4, -0.2) is 10.9 Å². The van der Waals surface area contributed by atoms with Crippen LogP contribution in [0.2, 0.25) is 0 Å². The van der Waals surface area contributed by atoms with Crippen LogP contribution < -0.4 is 5.32 Å². The molecule has 0 aliphatic heterocycles. The van der Waals surface area contributed by atoms with Gasteiger partial charge in [0.25, 0.3) is 5.91 Å². The summed E-state index contributed by atoms with van der Waals surface area (Å²) in [5.41, 5.74) is 3.45. The van der Waals surface area contributed by atoms with E-state index in [1.807, 2.05) is 55.6 Å². The zero-order valence-electron chi connectivity index (χ0n) is 14.0. The summed E-state index contributed by atoms with van der Waals surface area (Å²) in [7, 11) is 0. The highest BCUT2D eigenvalue weighted by molar-refractivity contribution is 7.09. The molecular weight excluding hydrogens is 330 g/mol. The third kappa shape index (κ3) is 3.59. The van der Waals surface area contributed by atoms with Gasteiger partial charge in [-0.25, -0.2) is 4.98 Å². The van der Waals surface area contributed by atoms with Crippen molar-refractivity contribution in [1.82, 2.24) is 10.3 Å². The van der Waals surface area contributed by atoms with Crippen LogP contribution in [0, 0.1) is 18.3 Å².